The van der Waals surface area contributed by atoms with Crippen LogP contribution in [0.15, 0.2) is 61.4 Å². The first kappa shape index (κ1) is 15.2. The number of H-pyrrole nitrogens is 1. The SMILES string of the molecule is Nc1nc2ccc(-c3cnc4[nH]ccc4c3)cn2c1C(=O)c1ccncn1. The molecule has 0 atom stereocenters. The van der Waals surface area contributed by atoms with Crippen LogP contribution < -0.4 is 5.73 Å². The Morgan fingerprint density at radius 2 is 2.04 bits per heavy atom. The second kappa shape index (κ2) is 5.73. The first-order valence-electron chi connectivity index (χ1n) is 8.22. The van der Waals surface area contributed by atoms with Gasteiger partial charge in [0.05, 0.1) is 0 Å². The summed E-state index contributed by atoms with van der Waals surface area (Å²) in [5, 5.41) is 1.01. The van der Waals surface area contributed by atoms with Gasteiger partial charge in [-0.25, -0.2) is 19.9 Å². The van der Waals surface area contributed by atoms with Crippen molar-refractivity contribution in [3.63, 3.8) is 0 Å². The van der Waals surface area contributed by atoms with Crippen LogP contribution in [0.4, 0.5) is 5.82 Å². The highest BCUT2D eigenvalue weighted by atomic mass is 16.1. The third-order valence-electron chi connectivity index (χ3n) is 4.41. The van der Waals surface area contributed by atoms with Gasteiger partial charge in [0.1, 0.15) is 29.0 Å². The Bertz CT molecular complexity index is 1300. The number of nitrogens with two attached hydrogens (primary N) is 1. The van der Waals surface area contributed by atoms with Gasteiger partial charge in [0.25, 0.3) is 0 Å². The number of nitrogen functional groups attached to an aromatic ring is 1. The first-order valence-corrected chi connectivity index (χ1v) is 8.22. The number of aromatic amines is 1. The number of pyridine rings is 2. The molecule has 27 heavy (non-hydrogen) atoms. The van der Waals surface area contributed by atoms with Crippen LogP contribution in [-0.2, 0) is 0 Å². The number of ketones is 1. The summed E-state index contributed by atoms with van der Waals surface area (Å²) in [6.45, 7) is 0. The minimum absolute atomic E-state index is 0.162. The number of nitrogens with zero attached hydrogens (tertiary/aromatic N) is 5. The van der Waals surface area contributed by atoms with Crippen molar-refractivity contribution in [1.82, 2.24) is 29.3 Å². The molecule has 5 rings (SSSR count). The van der Waals surface area contributed by atoms with Gasteiger partial charge in [0.2, 0.25) is 5.78 Å². The van der Waals surface area contributed by atoms with Gasteiger partial charge in [-0.3, -0.25) is 9.20 Å². The number of anilines is 1. The van der Waals surface area contributed by atoms with Crippen molar-refractivity contribution in [1.29, 1.82) is 0 Å². The quantitative estimate of drug-likeness (QED) is 0.481. The molecular formula is C19H13N7O. The fourth-order valence-corrected chi connectivity index (χ4v) is 3.10. The molecule has 5 aromatic heterocycles. The average molecular weight is 355 g/mol. The van der Waals surface area contributed by atoms with Gasteiger partial charge >= 0.3 is 0 Å². The lowest BCUT2D eigenvalue weighted by atomic mass is 10.1. The zero-order chi connectivity index (χ0) is 18.4. The van der Waals surface area contributed by atoms with Gasteiger partial charge in [0.15, 0.2) is 5.82 Å². The third kappa shape index (κ3) is 2.43. The van der Waals surface area contributed by atoms with Crippen LogP contribution in [0.3, 0.4) is 0 Å². The number of carbonyl (C=O) groups excluding carboxylic acids is 1. The van der Waals surface area contributed by atoms with Crippen molar-refractivity contribution in [2.45, 2.75) is 0 Å². The predicted molar refractivity (Wildman–Crippen MR) is 100 cm³/mol. The summed E-state index contributed by atoms with van der Waals surface area (Å²) < 4.78 is 1.69. The predicted octanol–water partition coefficient (Wildman–Crippen LogP) is 2.48. The molecule has 0 bridgehead atoms. The molecule has 0 radical (unpaired) electrons. The van der Waals surface area contributed by atoms with Crippen molar-refractivity contribution >= 4 is 28.3 Å². The summed E-state index contributed by atoms with van der Waals surface area (Å²) in [6, 6.07) is 9.30. The van der Waals surface area contributed by atoms with E-state index in [2.05, 4.69) is 24.9 Å². The molecule has 5 aromatic rings. The molecule has 0 fully saturated rings. The van der Waals surface area contributed by atoms with Crippen molar-refractivity contribution in [3.05, 3.63) is 72.8 Å². The van der Waals surface area contributed by atoms with Gasteiger partial charge in [-0.05, 0) is 30.3 Å². The van der Waals surface area contributed by atoms with E-state index in [0.717, 1.165) is 22.2 Å². The normalized spacial score (nSPS) is 11.3. The average Bonchev–Trinajstić information content (AvgIpc) is 3.30. The minimum atomic E-state index is -0.307. The minimum Gasteiger partial charge on any atom is -0.382 e. The molecule has 0 saturated heterocycles. The van der Waals surface area contributed by atoms with Gasteiger partial charge in [0, 0.05) is 41.3 Å². The lowest BCUT2D eigenvalue weighted by Gasteiger charge is -2.05. The molecule has 0 saturated carbocycles. The molecule has 5 heterocycles. The van der Waals surface area contributed by atoms with Crippen LogP contribution >= 0.6 is 0 Å². The Balaban J connectivity index is 1.67. The smallest absolute Gasteiger partial charge is 0.232 e. The van der Waals surface area contributed by atoms with E-state index >= 15 is 0 Å². The summed E-state index contributed by atoms with van der Waals surface area (Å²) in [5.74, 6) is -0.145. The molecule has 0 aliphatic heterocycles. The van der Waals surface area contributed by atoms with Crippen LogP contribution in [0.2, 0.25) is 0 Å². The van der Waals surface area contributed by atoms with Crippen LogP contribution in [0.25, 0.3) is 27.8 Å². The zero-order valence-electron chi connectivity index (χ0n) is 14.0. The van der Waals surface area contributed by atoms with Gasteiger partial charge in [-0.2, -0.15) is 0 Å². The molecule has 0 spiro atoms. The number of hydrogen-bond acceptors (Lipinski definition) is 6. The number of rotatable bonds is 3. The molecule has 8 heteroatoms. The fourth-order valence-electron chi connectivity index (χ4n) is 3.10. The number of fused-ring (bicyclic) bond motifs is 2. The standard InChI is InChI=1S/C19H13N7O/c20-18-16(17(27)14-4-5-21-10-24-14)26-9-12(1-2-15(26)25-18)13-7-11-3-6-22-19(11)23-8-13/h1-10H,20H2,(H,22,23). The topological polar surface area (TPSA) is 115 Å². The lowest BCUT2D eigenvalue weighted by molar-refractivity contribution is 0.102. The Hall–Kier alpha value is -4.07. The van der Waals surface area contributed by atoms with E-state index in [0.29, 0.717) is 5.65 Å². The van der Waals surface area contributed by atoms with Crippen LogP contribution in [0.1, 0.15) is 16.2 Å². The number of nitrogens with one attached hydrogen (secondary N) is 1. The van der Waals surface area contributed by atoms with E-state index in [1.54, 1.807) is 16.7 Å². The second-order valence-corrected chi connectivity index (χ2v) is 6.05. The lowest BCUT2D eigenvalue weighted by Crippen LogP contribution is -2.10. The molecule has 0 aliphatic carbocycles. The van der Waals surface area contributed by atoms with E-state index in [4.69, 9.17) is 5.73 Å². The summed E-state index contributed by atoms with van der Waals surface area (Å²) in [5.41, 5.74) is 9.81. The van der Waals surface area contributed by atoms with E-state index < -0.39 is 0 Å². The van der Waals surface area contributed by atoms with Crippen LogP contribution in [0.5, 0.6) is 0 Å². The summed E-state index contributed by atoms with van der Waals surface area (Å²) in [4.78, 5) is 32.5. The molecule has 130 valence electrons. The second-order valence-electron chi connectivity index (χ2n) is 6.05. The molecule has 0 aromatic carbocycles. The molecule has 3 N–H and O–H groups in total. The van der Waals surface area contributed by atoms with Crippen molar-refractivity contribution in [3.8, 4) is 11.1 Å². The number of imidazole rings is 1. The van der Waals surface area contributed by atoms with Gasteiger partial charge in [-0.15, -0.1) is 0 Å². The van der Waals surface area contributed by atoms with Crippen molar-refractivity contribution in [2.24, 2.45) is 0 Å². The van der Waals surface area contributed by atoms with E-state index in [1.807, 2.05) is 36.7 Å². The zero-order valence-corrected chi connectivity index (χ0v) is 14.0. The molecule has 8 nitrogen and oxygen atoms in total. The summed E-state index contributed by atoms with van der Waals surface area (Å²) >= 11 is 0. The monoisotopic (exact) mass is 355 g/mol. The third-order valence-corrected chi connectivity index (χ3v) is 4.41. The summed E-state index contributed by atoms with van der Waals surface area (Å²) in [7, 11) is 0. The number of hydrogen-bond donors (Lipinski definition) is 2. The van der Waals surface area contributed by atoms with Crippen LogP contribution in [0, 0.1) is 0 Å². The highest BCUT2D eigenvalue weighted by molar-refractivity contribution is 6.10. The van der Waals surface area contributed by atoms with Gasteiger partial charge in [-0.1, -0.05) is 0 Å². The van der Waals surface area contributed by atoms with E-state index in [-0.39, 0.29) is 23.0 Å². The van der Waals surface area contributed by atoms with E-state index in [9.17, 15) is 4.79 Å². The fraction of sp³-hybridized carbons (Fsp3) is 0. The van der Waals surface area contributed by atoms with Crippen molar-refractivity contribution < 1.29 is 4.79 Å². The maximum Gasteiger partial charge on any atom is 0.232 e. The van der Waals surface area contributed by atoms with E-state index in [1.165, 1.54) is 12.5 Å². The largest absolute Gasteiger partial charge is 0.382 e. The Morgan fingerprint density at radius 3 is 2.89 bits per heavy atom. The number of aromatic nitrogens is 6. The van der Waals surface area contributed by atoms with Crippen molar-refractivity contribution in [2.75, 3.05) is 5.73 Å². The Labute approximate surface area is 152 Å². The Kier molecular flexibility index (Phi) is 3.23. The highest BCUT2D eigenvalue weighted by Gasteiger charge is 2.20. The molecule has 0 amide bonds. The molecular weight excluding hydrogens is 342 g/mol. The van der Waals surface area contributed by atoms with Gasteiger partial charge < -0.3 is 10.7 Å². The first-order chi connectivity index (χ1) is 13.2. The maximum absolute atomic E-state index is 12.9. The molecule has 0 aliphatic rings. The summed E-state index contributed by atoms with van der Waals surface area (Å²) in [6.07, 6.45) is 8.31. The maximum atomic E-state index is 12.9. The molecule has 0 unspecified atom stereocenters. The van der Waals surface area contributed by atoms with Crippen LogP contribution in [-0.4, -0.2) is 35.1 Å². The number of carbonyl (C=O) groups is 1. The Morgan fingerprint density at radius 1 is 1.11 bits per heavy atom. The highest BCUT2D eigenvalue weighted by Crippen LogP contribution is 2.25.